The van der Waals surface area contributed by atoms with Crippen LogP contribution in [0.3, 0.4) is 0 Å². The number of nitrogens with zero attached hydrogens (tertiary/aromatic N) is 1. The highest BCUT2D eigenvalue weighted by Crippen LogP contribution is 2.40. The molecule has 2 atom stereocenters. The Morgan fingerprint density at radius 1 is 1.12 bits per heavy atom. The van der Waals surface area contributed by atoms with Crippen LogP contribution in [0.2, 0.25) is 0 Å². The summed E-state index contributed by atoms with van der Waals surface area (Å²) in [5.41, 5.74) is 2.89. The van der Waals surface area contributed by atoms with E-state index in [4.69, 9.17) is 9.94 Å². The lowest BCUT2D eigenvalue weighted by Gasteiger charge is -2.28. The van der Waals surface area contributed by atoms with Crippen molar-refractivity contribution in [2.45, 2.75) is 71.0 Å². The second-order valence-corrected chi connectivity index (χ2v) is 8.56. The van der Waals surface area contributed by atoms with Gasteiger partial charge in [-0.05, 0) is 23.0 Å². The molecule has 3 N–H and O–H groups in total. The first-order valence-electron chi connectivity index (χ1n) is 8.35. The lowest BCUT2D eigenvalue weighted by molar-refractivity contribution is -0.0407. The number of aliphatic hydroxyl groups is 2. The summed E-state index contributed by atoms with van der Waals surface area (Å²) in [5, 5.41) is 33.7. The largest absolute Gasteiger partial charge is 0.507 e. The number of aromatic hydroxyl groups is 1. The minimum Gasteiger partial charge on any atom is -0.507 e. The number of hydrogen-bond donors (Lipinski definition) is 3. The molecule has 1 aliphatic heterocycles. The van der Waals surface area contributed by atoms with Crippen molar-refractivity contribution >= 4 is 5.71 Å². The maximum atomic E-state index is 10.8. The van der Waals surface area contributed by atoms with Crippen LogP contribution in [0.25, 0.3) is 0 Å². The number of aliphatic hydroxyl groups excluding tert-OH is 2. The van der Waals surface area contributed by atoms with Gasteiger partial charge in [0.15, 0.2) is 6.10 Å². The van der Waals surface area contributed by atoms with Crippen LogP contribution in [-0.4, -0.2) is 39.8 Å². The van der Waals surface area contributed by atoms with Crippen molar-refractivity contribution in [3.05, 3.63) is 28.8 Å². The van der Waals surface area contributed by atoms with Crippen LogP contribution < -0.4 is 0 Å². The predicted octanol–water partition coefficient (Wildman–Crippen LogP) is 2.83. The van der Waals surface area contributed by atoms with E-state index in [1.165, 1.54) is 0 Å². The minimum absolute atomic E-state index is 0.218. The smallest absolute Gasteiger partial charge is 0.161 e. The van der Waals surface area contributed by atoms with E-state index in [1.54, 1.807) is 0 Å². The van der Waals surface area contributed by atoms with Crippen molar-refractivity contribution < 1.29 is 20.2 Å². The fraction of sp³-hybridized carbons (Fsp3) is 0.632. The molecule has 0 saturated carbocycles. The van der Waals surface area contributed by atoms with Gasteiger partial charge in [0.2, 0.25) is 0 Å². The van der Waals surface area contributed by atoms with Crippen LogP contribution in [0.5, 0.6) is 5.75 Å². The van der Waals surface area contributed by atoms with Gasteiger partial charge in [-0.25, -0.2) is 0 Å². The predicted molar refractivity (Wildman–Crippen MR) is 94.6 cm³/mol. The molecular formula is C19H29NO4. The highest BCUT2D eigenvalue weighted by atomic mass is 16.7. The SMILES string of the molecule is CC(C)(C)c1cc(C2=NOC(C(O)CO)C2)cc(C(C)(C)C)c1O. The van der Waals surface area contributed by atoms with Crippen molar-refractivity contribution in [3.8, 4) is 5.75 Å². The molecule has 5 heteroatoms. The van der Waals surface area contributed by atoms with Gasteiger partial charge in [-0.2, -0.15) is 0 Å². The first kappa shape index (κ1) is 18.7. The lowest BCUT2D eigenvalue weighted by atomic mass is 9.78. The molecule has 5 nitrogen and oxygen atoms in total. The van der Waals surface area contributed by atoms with Gasteiger partial charge in [0.25, 0.3) is 0 Å². The second kappa shape index (κ2) is 6.37. The van der Waals surface area contributed by atoms with E-state index in [0.717, 1.165) is 22.4 Å². The van der Waals surface area contributed by atoms with Crippen molar-refractivity contribution in [3.63, 3.8) is 0 Å². The van der Waals surface area contributed by atoms with E-state index < -0.39 is 12.2 Å². The Bertz CT molecular complexity index is 603. The molecule has 2 rings (SSSR count). The van der Waals surface area contributed by atoms with E-state index in [9.17, 15) is 10.2 Å². The third-order valence-electron chi connectivity index (χ3n) is 4.37. The van der Waals surface area contributed by atoms with Crippen LogP contribution in [0, 0.1) is 0 Å². The fourth-order valence-corrected chi connectivity index (χ4v) is 2.84. The summed E-state index contributed by atoms with van der Waals surface area (Å²) in [6.07, 6.45) is -1.05. The van der Waals surface area contributed by atoms with Gasteiger partial charge >= 0.3 is 0 Å². The Morgan fingerprint density at radius 2 is 1.62 bits per heavy atom. The van der Waals surface area contributed by atoms with Crippen LogP contribution in [0.4, 0.5) is 0 Å². The molecule has 0 amide bonds. The maximum absolute atomic E-state index is 10.8. The lowest BCUT2D eigenvalue weighted by Crippen LogP contribution is -2.29. The number of benzene rings is 1. The normalized spacial score (nSPS) is 19.8. The van der Waals surface area contributed by atoms with Gasteiger partial charge < -0.3 is 20.2 Å². The number of oxime groups is 1. The molecule has 24 heavy (non-hydrogen) atoms. The second-order valence-electron chi connectivity index (χ2n) is 8.56. The minimum atomic E-state index is -0.951. The fourth-order valence-electron chi connectivity index (χ4n) is 2.84. The Balaban J connectivity index is 2.49. The van der Waals surface area contributed by atoms with Gasteiger partial charge in [-0.15, -0.1) is 0 Å². The molecule has 1 aliphatic rings. The molecule has 0 spiro atoms. The molecule has 0 aliphatic carbocycles. The maximum Gasteiger partial charge on any atom is 0.161 e. The zero-order chi connectivity index (χ0) is 18.3. The third kappa shape index (κ3) is 3.73. The Kier molecular flexibility index (Phi) is 4.98. The molecule has 1 heterocycles. The van der Waals surface area contributed by atoms with Crippen molar-refractivity contribution in [1.29, 1.82) is 0 Å². The van der Waals surface area contributed by atoms with Crippen LogP contribution in [0.1, 0.15) is 64.7 Å². The molecule has 0 saturated heterocycles. The summed E-state index contributed by atoms with van der Waals surface area (Å²) in [6.45, 7) is 12.0. The quantitative estimate of drug-likeness (QED) is 0.793. The van der Waals surface area contributed by atoms with Crippen molar-refractivity contribution in [2.24, 2.45) is 5.16 Å². The van der Waals surface area contributed by atoms with E-state index in [0.29, 0.717) is 12.2 Å². The topological polar surface area (TPSA) is 82.3 Å². The molecule has 2 unspecified atom stereocenters. The molecule has 134 valence electrons. The summed E-state index contributed by atoms with van der Waals surface area (Å²) >= 11 is 0. The summed E-state index contributed by atoms with van der Waals surface area (Å²) in [7, 11) is 0. The van der Waals surface area contributed by atoms with Crippen LogP contribution >= 0.6 is 0 Å². The summed E-state index contributed by atoms with van der Waals surface area (Å²) in [4.78, 5) is 5.27. The Morgan fingerprint density at radius 3 is 2.04 bits per heavy atom. The van der Waals surface area contributed by atoms with Gasteiger partial charge in [-0.1, -0.05) is 46.7 Å². The standard InChI is InChI=1S/C19H29NO4/c1-18(2,3)12-7-11(8-13(17(12)23)19(4,5)6)14-9-16(24-20-14)15(22)10-21/h7-8,15-16,21-23H,9-10H2,1-6H3. The van der Waals surface area contributed by atoms with E-state index in [2.05, 4.69) is 46.7 Å². The zero-order valence-electron chi connectivity index (χ0n) is 15.4. The summed E-state index contributed by atoms with van der Waals surface area (Å²) in [5.74, 6) is 0.324. The molecule has 1 aromatic rings. The Hall–Kier alpha value is -1.59. The molecule has 0 radical (unpaired) electrons. The van der Waals surface area contributed by atoms with Crippen molar-refractivity contribution in [1.82, 2.24) is 0 Å². The van der Waals surface area contributed by atoms with Crippen molar-refractivity contribution in [2.75, 3.05) is 6.61 Å². The third-order valence-corrected chi connectivity index (χ3v) is 4.37. The monoisotopic (exact) mass is 335 g/mol. The molecule has 0 bridgehead atoms. The molecule has 1 aromatic carbocycles. The first-order valence-corrected chi connectivity index (χ1v) is 8.35. The van der Waals surface area contributed by atoms with E-state index in [1.807, 2.05) is 12.1 Å². The summed E-state index contributed by atoms with van der Waals surface area (Å²) < 4.78 is 0. The number of phenolic OH excluding ortho intramolecular Hbond substituents is 1. The van der Waals surface area contributed by atoms with Crippen LogP contribution in [-0.2, 0) is 15.7 Å². The van der Waals surface area contributed by atoms with Gasteiger partial charge in [-0.3, -0.25) is 0 Å². The van der Waals surface area contributed by atoms with E-state index >= 15 is 0 Å². The molecule has 0 aromatic heterocycles. The average molecular weight is 335 g/mol. The highest BCUT2D eigenvalue weighted by molar-refractivity contribution is 6.02. The van der Waals surface area contributed by atoms with Crippen LogP contribution in [0.15, 0.2) is 17.3 Å². The van der Waals surface area contributed by atoms with E-state index in [-0.39, 0.29) is 17.4 Å². The van der Waals surface area contributed by atoms with Gasteiger partial charge in [0.05, 0.1) is 12.3 Å². The first-order chi connectivity index (χ1) is 10.9. The zero-order valence-corrected chi connectivity index (χ0v) is 15.4. The molecular weight excluding hydrogens is 306 g/mol. The number of phenols is 1. The highest BCUT2D eigenvalue weighted by Gasteiger charge is 2.32. The average Bonchev–Trinajstić information content (AvgIpc) is 2.94. The number of rotatable bonds is 3. The Labute approximate surface area is 144 Å². The summed E-state index contributed by atoms with van der Waals surface area (Å²) in [6, 6.07) is 3.89. The number of hydrogen-bond acceptors (Lipinski definition) is 5. The van der Waals surface area contributed by atoms with Gasteiger partial charge in [0, 0.05) is 23.1 Å². The molecule has 0 fully saturated rings. The van der Waals surface area contributed by atoms with Gasteiger partial charge in [0.1, 0.15) is 11.9 Å².